The maximum atomic E-state index is 12.2. The highest BCUT2D eigenvalue weighted by molar-refractivity contribution is 6.04. The summed E-state index contributed by atoms with van der Waals surface area (Å²) < 4.78 is 5.51. The summed E-state index contributed by atoms with van der Waals surface area (Å²) in [4.78, 5) is 22.7. The molecule has 0 saturated carbocycles. The zero-order valence-corrected chi connectivity index (χ0v) is 12.3. The first-order valence-corrected chi connectivity index (χ1v) is 7.22. The van der Waals surface area contributed by atoms with Crippen LogP contribution in [-0.2, 0) is 11.2 Å². The Morgan fingerprint density at radius 3 is 2.48 bits per heavy atom. The molecule has 0 atom stereocenters. The van der Waals surface area contributed by atoms with E-state index in [1.807, 2.05) is 24.3 Å². The Hall–Kier alpha value is -3.08. The third-order valence-corrected chi connectivity index (χ3v) is 3.49. The second kappa shape index (κ2) is 6.36. The molecule has 0 bridgehead atoms. The molecule has 3 aromatic rings. The summed E-state index contributed by atoms with van der Waals surface area (Å²) in [6, 6.07) is 16.2. The molecule has 0 aliphatic rings. The fourth-order valence-corrected chi connectivity index (χ4v) is 2.29. The van der Waals surface area contributed by atoms with Crippen LogP contribution in [0.15, 0.2) is 59.0 Å². The number of anilines is 1. The van der Waals surface area contributed by atoms with Crippen molar-refractivity contribution in [2.24, 2.45) is 0 Å². The van der Waals surface area contributed by atoms with E-state index < -0.39 is 5.97 Å². The number of aryl methyl sites for hydroxylation is 1. The predicted octanol–water partition coefficient (Wildman–Crippen LogP) is 3.70. The Balaban J connectivity index is 1.68. The summed E-state index contributed by atoms with van der Waals surface area (Å²) >= 11 is 0. The number of carbonyl (C=O) groups excluding carboxylic acids is 1. The standard InChI is InChI=1S/C18H15NO4/c20-17(21)10-7-12-5-8-14(9-6-12)19-18(22)16-11-13-3-1-2-4-15(13)23-16/h1-6,8-9,11H,7,10H2,(H,19,22)(H,20,21). The van der Waals surface area contributed by atoms with Gasteiger partial charge in [-0.25, -0.2) is 0 Å². The lowest BCUT2D eigenvalue weighted by atomic mass is 10.1. The van der Waals surface area contributed by atoms with E-state index in [0.29, 0.717) is 17.7 Å². The van der Waals surface area contributed by atoms with Crippen LogP contribution in [0.25, 0.3) is 11.0 Å². The molecule has 2 N–H and O–H groups in total. The van der Waals surface area contributed by atoms with Gasteiger partial charge in [0.15, 0.2) is 5.76 Å². The summed E-state index contributed by atoms with van der Waals surface area (Å²) in [5, 5.41) is 12.3. The quantitative estimate of drug-likeness (QED) is 0.753. The van der Waals surface area contributed by atoms with Crippen LogP contribution in [-0.4, -0.2) is 17.0 Å². The summed E-state index contributed by atoms with van der Waals surface area (Å²) in [5.74, 6) is -0.895. The molecule has 23 heavy (non-hydrogen) atoms. The monoisotopic (exact) mass is 309 g/mol. The third-order valence-electron chi connectivity index (χ3n) is 3.49. The van der Waals surface area contributed by atoms with E-state index in [1.165, 1.54) is 0 Å². The molecule has 1 heterocycles. The molecule has 0 saturated heterocycles. The first-order chi connectivity index (χ1) is 11.1. The predicted molar refractivity (Wildman–Crippen MR) is 86.6 cm³/mol. The van der Waals surface area contributed by atoms with Crippen molar-refractivity contribution in [2.75, 3.05) is 5.32 Å². The minimum absolute atomic E-state index is 0.0880. The number of hydrogen-bond donors (Lipinski definition) is 2. The fourth-order valence-electron chi connectivity index (χ4n) is 2.29. The normalized spacial score (nSPS) is 10.6. The van der Waals surface area contributed by atoms with Gasteiger partial charge in [-0.05, 0) is 36.2 Å². The van der Waals surface area contributed by atoms with Crippen molar-refractivity contribution in [3.8, 4) is 0 Å². The van der Waals surface area contributed by atoms with Gasteiger partial charge < -0.3 is 14.8 Å². The number of amides is 1. The van der Waals surface area contributed by atoms with Crippen LogP contribution in [0.3, 0.4) is 0 Å². The van der Waals surface area contributed by atoms with Gasteiger partial charge in [0, 0.05) is 17.5 Å². The molecule has 5 nitrogen and oxygen atoms in total. The van der Waals surface area contributed by atoms with Crippen LogP contribution in [0.4, 0.5) is 5.69 Å². The van der Waals surface area contributed by atoms with E-state index >= 15 is 0 Å². The number of fused-ring (bicyclic) bond motifs is 1. The number of aliphatic carboxylic acids is 1. The van der Waals surface area contributed by atoms with Crippen molar-refractivity contribution in [2.45, 2.75) is 12.8 Å². The van der Waals surface area contributed by atoms with E-state index in [0.717, 1.165) is 10.9 Å². The minimum atomic E-state index is -0.827. The number of nitrogens with one attached hydrogen (secondary N) is 1. The lowest BCUT2D eigenvalue weighted by Gasteiger charge is -2.04. The number of benzene rings is 2. The average Bonchev–Trinajstić information content (AvgIpc) is 2.98. The molecule has 1 amide bonds. The molecule has 0 unspecified atom stereocenters. The van der Waals surface area contributed by atoms with Crippen LogP contribution < -0.4 is 5.32 Å². The van der Waals surface area contributed by atoms with Crippen LogP contribution >= 0.6 is 0 Å². The molecule has 0 fully saturated rings. The van der Waals surface area contributed by atoms with Gasteiger partial charge in [-0.3, -0.25) is 9.59 Å². The number of furan rings is 1. The van der Waals surface area contributed by atoms with Crippen LogP contribution in [0.2, 0.25) is 0 Å². The molecular weight excluding hydrogens is 294 g/mol. The topological polar surface area (TPSA) is 79.5 Å². The van der Waals surface area contributed by atoms with E-state index in [4.69, 9.17) is 9.52 Å². The molecule has 0 aliphatic carbocycles. The van der Waals surface area contributed by atoms with Gasteiger partial charge in [-0.1, -0.05) is 30.3 Å². The Morgan fingerprint density at radius 1 is 1.04 bits per heavy atom. The Bertz CT molecular complexity index is 816. The third kappa shape index (κ3) is 3.58. The average molecular weight is 309 g/mol. The molecule has 5 heteroatoms. The highest BCUT2D eigenvalue weighted by Gasteiger charge is 2.12. The Morgan fingerprint density at radius 2 is 1.78 bits per heavy atom. The SMILES string of the molecule is O=C(O)CCc1ccc(NC(=O)c2cc3ccccc3o2)cc1. The van der Waals surface area contributed by atoms with Gasteiger partial charge in [0.25, 0.3) is 5.91 Å². The molecule has 0 aliphatic heterocycles. The lowest BCUT2D eigenvalue weighted by Crippen LogP contribution is -2.10. The maximum absolute atomic E-state index is 12.2. The molecule has 3 rings (SSSR count). The van der Waals surface area contributed by atoms with Gasteiger partial charge in [-0.2, -0.15) is 0 Å². The molecule has 1 aromatic heterocycles. The number of carboxylic acid groups (broad SMARTS) is 1. The largest absolute Gasteiger partial charge is 0.481 e. The first-order valence-electron chi connectivity index (χ1n) is 7.22. The van der Waals surface area contributed by atoms with Gasteiger partial charge in [0.1, 0.15) is 5.58 Å². The van der Waals surface area contributed by atoms with E-state index in [2.05, 4.69) is 5.32 Å². The smallest absolute Gasteiger partial charge is 0.303 e. The van der Waals surface area contributed by atoms with Crippen LogP contribution in [0.1, 0.15) is 22.5 Å². The number of carbonyl (C=O) groups is 2. The zero-order chi connectivity index (χ0) is 16.2. The van der Waals surface area contributed by atoms with Crippen molar-refractivity contribution in [3.05, 3.63) is 65.9 Å². The minimum Gasteiger partial charge on any atom is -0.481 e. The van der Waals surface area contributed by atoms with Crippen molar-refractivity contribution >= 4 is 28.5 Å². The van der Waals surface area contributed by atoms with Crippen molar-refractivity contribution in [1.82, 2.24) is 0 Å². The van der Waals surface area contributed by atoms with Gasteiger partial charge in [-0.15, -0.1) is 0 Å². The fraction of sp³-hybridized carbons (Fsp3) is 0.111. The molecule has 116 valence electrons. The second-order valence-electron chi connectivity index (χ2n) is 5.19. The van der Waals surface area contributed by atoms with Crippen LogP contribution in [0.5, 0.6) is 0 Å². The number of hydrogen-bond acceptors (Lipinski definition) is 3. The summed E-state index contributed by atoms with van der Waals surface area (Å²) in [5.41, 5.74) is 2.21. The summed E-state index contributed by atoms with van der Waals surface area (Å²) in [7, 11) is 0. The summed E-state index contributed by atoms with van der Waals surface area (Å²) in [6.07, 6.45) is 0.553. The van der Waals surface area contributed by atoms with Gasteiger partial charge >= 0.3 is 5.97 Å². The first kappa shape index (κ1) is 14.8. The number of rotatable bonds is 5. The molecule has 0 spiro atoms. The van der Waals surface area contributed by atoms with Crippen molar-refractivity contribution in [1.29, 1.82) is 0 Å². The van der Waals surface area contributed by atoms with E-state index in [1.54, 1.807) is 30.3 Å². The molecular formula is C18H15NO4. The number of para-hydroxylation sites is 1. The molecule has 0 radical (unpaired) electrons. The zero-order valence-electron chi connectivity index (χ0n) is 12.3. The van der Waals surface area contributed by atoms with E-state index in [-0.39, 0.29) is 18.1 Å². The maximum Gasteiger partial charge on any atom is 0.303 e. The second-order valence-corrected chi connectivity index (χ2v) is 5.19. The highest BCUT2D eigenvalue weighted by Crippen LogP contribution is 2.20. The number of carboxylic acids is 1. The lowest BCUT2D eigenvalue weighted by molar-refractivity contribution is -0.136. The van der Waals surface area contributed by atoms with Crippen molar-refractivity contribution in [3.63, 3.8) is 0 Å². The van der Waals surface area contributed by atoms with Crippen LogP contribution in [0, 0.1) is 0 Å². The summed E-state index contributed by atoms with van der Waals surface area (Å²) in [6.45, 7) is 0. The van der Waals surface area contributed by atoms with Gasteiger partial charge in [0.2, 0.25) is 0 Å². The highest BCUT2D eigenvalue weighted by atomic mass is 16.4. The Labute approximate surface area is 132 Å². The van der Waals surface area contributed by atoms with E-state index in [9.17, 15) is 9.59 Å². The Kier molecular flexibility index (Phi) is 4.10. The molecule has 2 aromatic carbocycles. The van der Waals surface area contributed by atoms with Crippen molar-refractivity contribution < 1.29 is 19.1 Å². The van der Waals surface area contributed by atoms with Gasteiger partial charge in [0.05, 0.1) is 0 Å².